The summed E-state index contributed by atoms with van der Waals surface area (Å²) >= 11 is 0. The average molecular weight is 576 g/mol. The van der Waals surface area contributed by atoms with E-state index in [1.54, 1.807) is 24.3 Å². The number of rotatable bonds is 19. The first-order valence-corrected chi connectivity index (χ1v) is 13.3. The molecule has 0 unspecified atom stereocenters. The zero-order valence-corrected chi connectivity index (χ0v) is 23.4. The van der Waals surface area contributed by atoms with E-state index in [-0.39, 0.29) is 45.1 Å². The van der Waals surface area contributed by atoms with Crippen molar-refractivity contribution in [2.45, 2.75) is 83.0 Å². The molecule has 0 spiro atoms. The molecule has 0 aliphatic carbocycles. The van der Waals surface area contributed by atoms with Crippen molar-refractivity contribution in [1.82, 2.24) is 21.3 Å². The monoisotopic (exact) mass is 575 g/mol. The number of benzene rings is 1. The Morgan fingerprint density at radius 1 is 0.659 bits per heavy atom. The third-order valence-electron chi connectivity index (χ3n) is 6.11. The summed E-state index contributed by atoms with van der Waals surface area (Å²) in [7, 11) is 0. The molecule has 6 amide bonds. The zero-order chi connectivity index (χ0) is 30.9. The van der Waals surface area contributed by atoms with Gasteiger partial charge in [0.05, 0.1) is 6.04 Å². The highest BCUT2D eigenvalue weighted by atomic mass is 16.2. The number of carbonyl (C=O) groups is 7. The summed E-state index contributed by atoms with van der Waals surface area (Å²) < 4.78 is 0. The lowest BCUT2D eigenvalue weighted by Crippen LogP contribution is -2.58. The molecule has 14 heteroatoms. The SMILES string of the molecule is CC(=O)N[C@@H](Cc1ccccc1)C(=O)N[C@@H](CCCN)C(=O)N[C@@H](CCC(N)=O)C(=O)N[C@@H](CCC(N)=O)C(C)=O. The molecule has 1 aromatic rings. The van der Waals surface area contributed by atoms with Crippen LogP contribution in [-0.2, 0) is 40.0 Å². The van der Waals surface area contributed by atoms with E-state index in [4.69, 9.17) is 17.2 Å². The minimum Gasteiger partial charge on any atom is -0.370 e. The standard InChI is InChI=1S/C27H41N7O7/c1-16(35)19(10-12-23(29)37)32-26(40)21(11-13-24(30)38)34-25(39)20(9-6-14-28)33-27(41)22(31-17(2)36)15-18-7-4-3-5-8-18/h3-5,7-8,19-22H,6,9-15,28H2,1-2H3,(H2,29,37)(H2,30,38)(H,31,36)(H,32,40)(H,33,41)(H,34,39)/t19-,20-,21-,22-/m0/s1. The number of ketones is 1. The van der Waals surface area contributed by atoms with Gasteiger partial charge in [-0.25, -0.2) is 0 Å². The molecule has 0 radical (unpaired) electrons. The van der Waals surface area contributed by atoms with Gasteiger partial charge in [-0.2, -0.15) is 0 Å². The predicted molar refractivity (Wildman–Crippen MR) is 149 cm³/mol. The highest BCUT2D eigenvalue weighted by Gasteiger charge is 2.30. The highest BCUT2D eigenvalue weighted by Crippen LogP contribution is 2.08. The second-order valence-electron chi connectivity index (χ2n) is 9.68. The summed E-state index contributed by atoms with van der Waals surface area (Å²) in [5.74, 6) is -4.41. The zero-order valence-electron chi connectivity index (χ0n) is 23.4. The molecule has 226 valence electrons. The fourth-order valence-corrected chi connectivity index (χ4v) is 3.93. The van der Waals surface area contributed by atoms with Crippen molar-refractivity contribution in [2.24, 2.45) is 17.2 Å². The Labute approximate surface area is 238 Å². The van der Waals surface area contributed by atoms with Crippen LogP contribution >= 0.6 is 0 Å². The first kappa shape index (κ1) is 34.7. The molecule has 0 saturated heterocycles. The van der Waals surface area contributed by atoms with Crippen molar-refractivity contribution in [3.8, 4) is 0 Å². The average Bonchev–Trinajstić information content (AvgIpc) is 2.90. The summed E-state index contributed by atoms with van der Waals surface area (Å²) in [5.41, 5.74) is 16.8. The van der Waals surface area contributed by atoms with Gasteiger partial charge in [-0.15, -0.1) is 0 Å². The van der Waals surface area contributed by atoms with E-state index in [1.807, 2.05) is 6.07 Å². The Balaban J connectivity index is 3.11. The lowest BCUT2D eigenvalue weighted by Gasteiger charge is -2.26. The number of Topliss-reactive ketones (excluding diaryl/α,β-unsaturated/α-hetero) is 1. The molecule has 0 aromatic heterocycles. The van der Waals surface area contributed by atoms with Gasteiger partial charge >= 0.3 is 0 Å². The summed E-state index contributed by atoms with van der Waals surface area (Å²) in [4.78, 5) is 85.9. The fraction of sp³-hybridized carbons (Fsp3) is 0.519. The minimum absolute atomic E-state index is 0.0476. The molecule has 0 saturated carbocycles. The Morgan fingerprint density at radius 3 is 1.59 bits per heavy atom. The summed E-state index contributed by atoms with van der Waals surface area (Å²) in [6.07, 6.45) is -0.0225. The number of nitrogens with one attached hydrogen (secondary N) is 4. The van der Waals surface area contributed by atoms with Crippen LogP contribution in [0.15, 0.2) is 30.3 Å². The first-order chi connectivity index (χ1) is 19.3. The van der Waals surface area contributed by atoms with Crippen molar-refractivity contribution in [2.75, 3.05) is 6.54 Å². The van der Waals surface area contributed by atoms with E-state index in [0.29, 0.717) is 6.42 Å². The van der Waals surface area contributed by atoms with Gasteiger partial charge in [-0.1, -0.05) is 30.3 Å². The van der Waals surface area contributed by atoms with E-state index in [2.05, 4.69) is 21.3 Å². The van der Waals surface area contributed by atoms with Crippen LogP contribution in [0.1, 0.15) is 57.9 Å². The predicted octanol–water partition coefficient (Wildman–Crippen LogP) is -1.95. The van der Waals surface area contributed by atoms with Gasteiger partial charge in [0.1, 0.15) is 18.1 Å². The molecule has 14 nitrogen and oxygen atoms in total. The Morgan fingerprint density at radius 2 is 1.12 bits per heavy atom. The van der Waals surface area contributed by atoms with Crippen LogP contribution < -0.4 is 38.5 Å². The fourth-order valence-electron chi connectivity index (χ4n) is 3.93. The van der Waals surface area contributed by atoms with Gasteiger partial charge in [-0.3, -0.25) is 33.6 Å². The third kappa shape index (κ3) is 14.0. The lowest BCUT2D eigenvalue weighted by molar-refractivity contribution is -0.134. The normalized spacial score (nSPS) is 13.5. The van der Waals surface area contributed by atoms with Gasteiger partial charge in [-0.05, 0) is 44.7 Å². The molecule has 0 aliphatic heterocycles. The number of primary amides is 2. The van der Waals surface area contributed by atoms with Gasteiger partial charge in [0.25, 0.3) is 0 Å². The van der Waals surface area contributed by atoms with Crippen molar-refractivity contribution in [1.29, 1.82) is 0 Å². The summed E-state index contributed by atoms with van der Waals surface area (Å²) in [6, 6.07) is 4.50. The van der Waals surface area contributed by atoms with Gasteiger partial charge in [0.15, 0.2) is 5.78 Å². The molecule has 41 heavy (non-hydrogen) atoms. The maximum absolute atomic E-state index is 13.3. The molecular weight excluding hydrogens is 534 g/mol. The highest BCUT2D eigenvalue weighted by molar-refractivity contribution is 5.95. The molecule has 0 heterocycles. The van der Waals surface area contributed by atoms with Crippen LogP contribution in [0.5, 0.6) is 0 Å². The number of hydrogen-bond donors (Lipinski definition) is 7. The second kappa shape index (κ2) is 18.1. The van der Waals surface area contributed by atoms with E-state index in [0.717, 1.165) is 5.56 Å². The molecule has 1 aromatic carbocycles. The van der Waals surface area contributed by atoms with Crippen LogP contribution in [0.4, 0.5) is 0 Å². The van der Waals surface area contributed by atoms with Gasteiger partial charge in [0.2, 0.25) is 35.4 Å². The number of nitrogens with two attached hydrogens (primary N) is 3. The van der Waals surface area contributed by atoms with Crippen LogP contribution in [0.25, 0.3) is 0 Å². The van der Waals surface area contributed by atoms with Crippen LogP contribution in [0.3, 0.4) is 0 Å². The summed E-state index contributed by atoms with van der Waals surface area (Å²) in [5, 5.41) is 10.2. The molecule has 0 aliphatic rings. The molecule has 1 rings (SSSR count). The smallest absolute Gasteiger partial charge is 0.243 e. The Hall–Kier alpha value is -4.33. The molecular formula is C27H41N7O7. The number of hydrogen-bond acceptors (Lipinski definition) is 8. The largest absolute Gasteiger partial charge is 0.370 e. The maximum Gasteiger partial charge on any atom is 0.243 e. The van der Waals surface area contributed by atoms with Crippen molar-refractivity contribution < 1.29 is 33.6 Å². The number of carbonyl (C=O) groups excluding carboxylic acids is 7. The lowest BCUT2D eigenvalue weighted by atomic mass is 10.0. The molecule has 0 fully saturated rings. The second-order valence-corrected chi connectivity index (χ2v) is 9.68. The third-order valence-corrected chi connectivity index (χ3v) is 6.11. The van der Waals surface area contributed by atoms with Crippen LogP contribution in [0.2, 0.25) is 0 Å². The molecule has 0 bridgehead atoms. The van der Waals surface area contributed by atoms with E-state index in [1.165, 1.54) is 13.8 Å². The van der Waals surface area contributed by atoms with Gasteiger partial charge < -0.3 is 38.5 Å². The Bertz CT molecular complexity index is 1080. The first-order valence-electron chi connectivity index (χ1n) is 13.3. The van der Waals surface area contributed by atoms with Crippen molar-refractivity contribution in [3.05, 3.63) is 35.9 Å². The van der Waals surface area contributed by atoms with E-state index < -0.39 is 65.4 Å². The van der Waals surface area contributed by atoms with E-state index >= 15 is 0 Å². The minimum atomic E-state index is -1.29. The van der Waals surface area contributed by atoms with Gasteiger partial charge in [0, 0.05) is 26.2 Å². The van der Waals surface area contributed by atoms with Crippen LogP contribution in [-0.4, -0.2) is 71.9 Å². The van der Waals surface area contributed by atoms with Crippen molar-refractivity contribution >= 4 is 41.2 Å². The Kier molecular flexibility index (Phi) is 15.3. The summed E-state index contributed by atoms with van der Waals surface area (Å²) in [6.45, 7) is 2.70. The quantitative estimate of drug-likeness (QED) is 0.0974. The topological polar surface area (TPSA) is 246 Å². The molecule has 10 N–H and O–H groups in total. The maximum atomic E-state index is 13.3. The van der Waals surface area contributed by atoms with Crippen LogP contribution in [0, 0.1) is 0 Å². The van der Waals surface area contributed by atoms with Crippen molar-refractivity contribution in [3.63, 3.8) is 0 Å². The molecule has 4 atom stereocenters. The number of amides is 6. The van der Waals surface area contributed by atoms with E-state index in [9.17, 15) is 33.6 Å².